The molecule has 4 N–H and O–H groups in total. The third kappa shape index (κ3) is 5.61. The van der Waals surface area contributed by atoms with E-state index in [-0.39, 0.29) is 18.3 Å². The molecule has 2 heterocycles. The van der Waals surface area contributed by atoms with Crippen molar-refractivity contribution in [2.75, 3.05) is 17.2 Å². The first-order valence-corrected chi connectivity index (χ1v) is 10.6. The third-order valence-corrected chi connectivity index (χ3v) is 5.27. The summed E-state index contributed by atoms with van der Waals surface area (Å²) in [5, 5.41) is 26.3. The normalized spacial score (nSPS) is 12.0. The van der Waals surface area contributed by atoms with Gasteiger partial charge in [0.2, 0.25) is 5.95 Å². The summed E-state index contributed by atoms with van der Waals surface area (Å²) in [4.78, 5) is 13.7. The fraction of sp³-hybridized carbons (Fsp3) is 0.500. The Morgan fingerprint density at radius 2 is 1.90 bits per heavy atom. The van der Waals surface area contributed by atoms with E-state index in [0.717, 1.165) is 12.8 Å². The van der Waals surface area contributed by atoms with Crippen molar-refractivity contribution < 1.29 is 14.6 Å². The number of benzene rings is 1. The van der Waals surface area contributed by atoms with Gasteiger partial charge in [0.25, 0.3) is 0 Å². The maximum atomic E-state index is 13.6. The molecule has 0 atom stereocenters. The Morgan fingerprint density at radius 3 is 2.58 bits per heavy atom. The van der Waals surface area contributed by atoms with Crippen LogP contribution >= 0.6 is 0 Å². The van der Waals surface area contributed by atoms with Crippen LogP contribution in [0.2, 0.25) is 0 Å². The number of fused-ring (bicyclic) bond motifs is 1. The molecule has 3 rings (SSSR count). The molecule has 0 aliphatic heterocycles. The number of imidazole rings is 1. The monoisotopic (exact) mass is 430 g/mol. The molecule has 9 heteroatoms. The Bertz CT molecular complexity index is 1030. The van der Waals surface area contributed by atoms with Crippen LogP contribution in [0.25, 0.3) is 11.2 Å². The number of hydrogen-bond acceptors (Lipinski definition) is 7. The minimum absolute atomic E-state index is 0.00489. The van der Waals surface area contributed by atoms with Crippen LogP contribution < -0.4 is 10.6 Å². The van der Waals surface area contributed by atoms with E-state index in [9.17, 15) is 14.6 Å². The van der Waals surface area contributed by atoms with Crippen molar-refractivity contribution in [2.45, 2.75) is 65.1 Å². The van der Waals surface area contributed by atoms with Crippen molar-refractivity contribution in [1.82, 2.24) is 19.5 Å². The second-order valence-electron chi connectivity index (χ2n) is 8.31. The van der Waals surface area contributed by atoms with Crippen molar-refractivity contribution in [3.05, 3.63) is 35.9 Å². The van der Waals surface area contributed by atoms with Gasteiger partial charge in [-0.15, -0.1) is 0 Å². The van der Waals surface area contributed by atoms with E-state index >= 15 is 0 Å². The quantitative estimate of drug-likeness (QED) is 0.381. The van der Waals surface area contributed by atoms with E-state index in [4.69, 9.17) is 0 Å². The first kappa shape index (κ1) is 22.7. The molecule has 0 unspecified atom stereocenters. The molecule has 0 aliphatic carbocycles. The average molecular weight is 431 g/mol. The van der Waals surface area contributed by atoms with Crippen molar-refractivity contribution in [2.24, 2.45) is 0 Å². The van der Waals surface area contributed by atoms with Crippen LogP contribution in [0, 0.1) is 5.82 Å². The van der Waals surface area contributed by atoms with Gasteiger partial charge in [0.1, 0.15) is 11.6 Å². The van der Waals surface area contributed by atoms with Crippen LogP contribution in [-0.4, -0.2) is 41.9 Å². The SMILES string of the molecule is CCC(CC)n1cnc2c(NCc3cc(F)ccc3O)nc(NCCC(C)(C)O)nc21. The molecular weight excluding hydrogens is 399 g/mol. The van der Waals surface area contributed by atoms with Crippen molar-refractivity contribution >= 4 is 22.9 Å². The number of aromatic hydroxyl groups is 1. The number of anilines is 2. The molecule has 168 valence electrons. The second-order valence-corrected chi connectivity index (χ2v) is 8.31. The van der Waals surface area contributed by atoms with Gasteiger partial charge >= 0.3 is 0 Å². The van der Waals surface area contributed by atoms with E-state index in [1.165, 1.54) is 18.2 Å². The highest BCUT2D eigenvalue weighted by molar-refractivity contribution is 5.84. The Balaban J connectivity index is 1.94. The highest BCUT2D eigenvalue weighted by Crippen LogP contribution is 2.27. The molecule has 0 amide bonds. The van der Waals surface area contributed by atoms with E-state index in [0.29, 0.717) is 41.5 Å². The fourth-order valence-corrected chi connectivity index (χ4v) is 3.42. The zero-order chi connectivity index (χ0) is 22.6. The lowest BCUT2D eigenvalue weighted by Crippen LogP contribution is -2.23. The van der Waals surface area contributed by atoms with Crippen molar-refractivity contribution in [1.29, 1.82) is 0 Å². The van der Waals surface area contributed by atoms with Crippen LogP contribution in [-0.2, 0) is 6.54 Å². The zero-order valence-corrected chi connectivity index (χ0v) is 18.5. The van der Waals surface area contributed by atoms with E-state index < -0.39 is 11.4 Å². The number of halogens is 1. The van der Waals surface area contributed by atoms with Gasteiger partial charge in [-0.25, -0.2) is 9.37 Å². The molecular formula is C22H31FN6O2. The third-order valence-electron chi connectivity index (χ3n) is 5.27. The van der Waals surface area contributed by atoms with Crippen LogP contribution in [0.5, 0.6) is 5.75 Å². The molecule has 8 nitrogen and oxygen atoms in total. The van der Waals surface area contributed by atoms with E-state index in [1.54, 1.807) is 20.2 Å². The molecule has 0 aliphatic rings. The first-order chi connectivity index (χ1) is 14.7. The van der Waals surface area contributed by atoms with Crippen LogP contribution in [0.1, 0.15) is 58.6 Å². The number of nitrogens with zero attached hydrogens (tertiary/aromatic N) is 4. The number of phenolic OH excluding ortho intramolecular Hbond substituents is 1. The lowest BCUT2D eigenvalue weighted by molar-refractivity contribution is 0.0748. The predicted molar refractivity (Wildman–Crippen MR) is 120 cm³/mol. The number of aromatic nitrogens is 4. The minimum atomic E-state index is -0.801. The van der Waals surface area contributed by atoms with Gasteiger partial charge < -0.3 is 25.4 Å². The molecule has 0 radical (unpaired) electrons. The van der Waals surface area contributed by atoms with Gasteiger partial charge in [-0.05, 0) is 51.3 Å². The fourth-order valence-electron chi connectivity index (χ4n) is 3.42. The molecule has 0 fully saturated rings. The van der Waals surface area contributed by atoms with Crippen LogP contribution in [0.4, 0.5) is 16.2 Å². The summed E-state index contributed by atoms with van der Waals surface area (Å²) in [6.07, 6.45) is 4.17. The summed E-state index contributed by atoms with van der Waals surface area (Å²) in [5.41, 5.74) is 0.920. The number of nitrogens with one attached hydrogen (secondary N) is 2. The minimum Gasteiger partial charge on any atom is -0.508 e. The van der Waals surface area contributed by atoms with Gasteiger partial charge in [-0.2, -0.15) is 9.97 Å². The molecule has 0 saturated carbocycles. The topological polar surface area (TPSA) is 108 Å². The Kier molecular flexibility index (Phi) is 6.94. The standard InChI is InChI=1S/C22H31FN6O2/c1-5-16(6-2)29-13-26-18-19(25-12-14-11-15(23)7-8-17(14)30)27-21(28-20(18)29)24-10-9-22(3,4)31/h7-8,11,13,16,30-31H,5-6,9-10,12H2,1-4H3,(H2,24,25,27,28). The molecule has 3 aromatic rings. The largest absolute Gasteiger partial charge is 0.508 e. The van der Waals surface area contributed by atoms with Gasteiger partial charge in [0, 0.05) is 24.7 Å². The van der Waals surface area contributed by atoms with Crippen LogP contribution in [0.3, 0.4) is 0 Å². The van der Waals surface area contributed by atoms with E-state index in [2.05, 4.69) is 39.4 Å². The first-order valence-electron chi connectivity index (χ1n) is 10.6. The maximum Gasteiger partial charge on any atom is 0.226 e. The number of aliphatic hydroxyl groups is 1. The summed E-state index contributed by atoms with van der Waals surface area (Å²) in [5.74, 6) is 0.485. The van der Waals surface area contributed by atoms with Crippen molar-refractivity contribution in [3.63, 3.8) is 0 Å². The number of rotatable bonds is 10. The second kappa shape index (κ2) is 9.47. The molecule has 31 heavy (non-hydrogen) atoms. The zero-order valence-electron chi connectivity index (χ0n) is 18.5. The maximum absolute atomic E-state index is 13.6. The Morgan fingerprint density at radius 1 is 1.16 bits per heavy atom. The smallest absolute Gasteiger partial charge is 0.226 e. The summed E-state index contributed by atoms with van der Waals surface area (Å²) in [6, 6.07) is 4.08. The lowest BCUT2D eigenvalue weighted by Gasteiger charge is -2.18. The van der Waals surface area contributed by atoms with Gasteiger partial charge in [0.05, 0.1) is 11.9 Å². The number of hydrogen-bond donors (Lipinski definition) is 4. The molecule has 0 bridgehead atoms. The van der Waals surface area contributed by atoms with Crippen LogP contribution in [0.15, 0.2) is 24.5 Å². The lowest BCUT2D eigenvalue weighted by atomic mass is 10.1. The van der Waals surface area contributed by atoms with Gasteiger partial charge in [0.15, 0.2) is 17.0 Å². The van der Waals surface area contributed by atoms with Crippen molar-refractivity contribution in [3.8, 4) is 5.75 Å². The number of phenols is 1. The molecule has 0 spiro atoms. The summed E-state index contributed by atoms with van der Waals surface area (Å²) in [6.45, 7) is 8.42. The molecule has 2 aromatic heterocycles. The summed E-state index contributed by atoms with van der Waals surface area (Å²) >= 11 is 0. The van der Waals surface area contributed by atoms with Gasteiger partial charge in [-0.3, -0.25) is 0 Å². The summed E-state index contributed by atoms with van der Waals surface area (Å²) < 4.78 is 15.6. The highest BCUT2D eigenvalue weighted by Gasteiger charge is 2.18. The average Bonchev–Trinajstić information content (AvgIpc) is 3.12. The van der Waals surface area contributed by atoms with Gasteiger partial charge in [-0.1, -0.05) is 13.8 Å². The van der Waals surface area contributed by atoms with E-state index in [1.807, 2.05) is 4.57 Å². The predicted octanol–water partition coefficient (Wildman–Crippen LogP) is 4.22. The Hall–Kier alpha value is -2.94. The highest BCUT2D eigenvalue weighted by atomic mass is 19.1. The molecule has 0 saturated heterocycles. The molecule has 1 aromatic carbocycles. The summed E-state index contributed by atoms with van der Waals surface area (Å²) in [7, 11) is 0. The Labute approximate surface area is 181 Å².